The number of carbonyl (C=O) groups excluding carboxylic acids is 2. The number of aryl methyl sites for hydroxylation is 1. The second-order valence-electron chi connectivity index (χ2n) is 10.1. The molecule has 2 aliphatic rings. The van der Waals surface area contributed by atoms with Gasteiger partial charge in [0.15, 0.2) is 0 Å². The molecule has 196 valence electrons. The summed E-state index contributed by atoms with van der Waals surface area (Å²) in [7, 11) is 3.48. The van der Waals surface area contributed by atoms with Crippen LogP contribution in [-0.2, 0) is 23.2 Å². The zero-order valence-corrected chi connectivity index (χ0v) is 21.5. The molecule has 6 rings (SSSR count). The van der Waals surface area contributed by atoms with E-state index in [0.717, 1.165) is 11.5 Å². The topological polar surface area (TPSA) is 89.1 Å². The van der Waals surface area contributed by atoms with Crippen molar-refractivity contribution in [3.8, 4) is 22.5 Å². The Bertz CT molecular complexity index is 1600. The number of hydrogen-bond donors (Lipinski definition) is 0. The van der Waals surface area contributed by atoms with Gasteiger partial charge in [-0.1, -0.05) is 12.1 Å². The molecule has 38 heavy (non-hydrogen) atoms. The van der Waals surface area contributed by atoms with Gasteiger partial charge < -0.3 is 14.4 Å². The molecule has 4 aromatic rings. The normalized spacial score (nSPS) is 17.9. The van der Waals surface area contributed by atoms with Crippen LogP contribution in [0.2, 0.25) is 0 Å². The number of rotatable bonds is 4. The van der Waals surface area contributed by atoms with E-state index in [1.165, 1.54) is 19.2 Å². The van der Waals surface area contributed by atoms with Gasteiger partial charge in [0.05, 0.1) is 41.3 Å². The summed E-state index contributed by atoms with van der Waals surface area (Å²) in [5, 5.41) is 4.68. The fourth-order valence-electron chi connectivity index (χ4n) is 5.56. The van der Waals surface area contributed by atoms with Crippen LogP contribution in [0.4, 0.5) is 8.78 Å². The van der Waals surface area contributed by atoms with Crippen molar-refractivity contribution in [3.05, 3.63) is 53.7 Å². The van der Waals surface area contributed by atoms with Gasteiger partial charge in [0.1, 0.15) is 11.9 Å². The Balaban J connectivity index is 1.55. The largest absolute Gasteiger partial charge is 0.341 e. The Labute approximate surface area is 217 Å². The van der Waals surface area contributed by atoms with Crippen LogP contribution in [0.5, 0.6) is 0 Å². The van der Waals surface area contributed by atoms with E-state index < -0.39 is 12.5 Å². The van der Waals surface area contributed by atoms with Crippen molar-refractivity contribution in [2.24, 2.45) is 7.05 Å². The van der Waals surface area contributed by atoms with Gasteiger partial charge in [0.2, 0.25) is 11.8 Å². The minimum Gasteiger partial charge on any atom is -0.341 e. The lowest BCUT2D eigenvalue weighted by atomic mass is 9.98. The van der Waals surface area contributed by atoms with Crippen molar-refractivity contribution < 1.29 is 18.4 Å². The van der Waals surface area contributed by atoms with Crippen LogP contribution < -0.4 is 0 Å². The van der Waals surface area contributed by atoms with Gasteiger partial charge in [-0.15, -0.1) is 0 Å². The quantitative estimate of drug-likeness (QED) is 0.408. The average molecular weight is 520 g/mol. The Morgan fingerprint density at radius 2 is 1.89 bits per heavy atom. The van der Waals surface area contributed by atoms with E-state index in [-0.39, 0.29) is 29.0 Å². The lowest BCUT2D eigenvalue weighted by Gasteiger charge is -2.40. The summed E-state index contributed by atoms with van der Waals surface area (Å²) in [6, 6.07) is 6.53. The van der Waals surface area contributed by atoms with Crippen LogP contribution in [0, 0.1) is 0 Å². The monoisotopic (exact) mass is 519 g/mol. The predicted octanol–water partition coefficient (Wildman–Crippen LogP) is 3.92. The first-order chi connectivity index (χ1) is 18.1. The molecule has 0 bridgehead atoms. The molecule has 0 N–H and O–H groups in total. The fraction of sp³-hybridized carbons (Fsp3) is 0.370. The third-order valence-electron chi connectivity index (χ3n) is 7.59. The van der Waals surface area contributed by atoms with Crippen LogP contribution >= 0.6 is 0 Å². The van der Waals surface area contributed by atoms with Gasteiger partial charge in [-0.3, -0.25) is 14.3 Å². The van der Waals surface area contributed by atoms with E-state index in [1.807, 2.05) is 23.6 Å². The summed E-state index contributed by atoms with van der Waals surface area (Å²) in [6.45, 7) is 4.78. The van der Waals surface area contributed by atoms with E-state index in [1.54, 1.807) is 40.8 Å². The molecule has 0 unspecified atom stereocenters. The van der Waals surface area contributed by atoms with E-state index in [2.05, 4.69) is 10.1 Å². The van der Waals surface area contributed by atoms with Crippen molar-refractivity contribution in [2.45, 2.75) is 38.8 Å². The first-order valence-electron chi connectivity index (χ1n) is 12.5. The third-order valence-corrected chi connectivity index (χ3v) is 7.59. The van der Waals surface area contributed by atoms with Crippen molar-refractivity contribution in [2.75, 3.05) is 20.1 Å². The lowest BCUT2D eigenvalue weighted by molar-refractivity contribution is -0.136. The number of amides is 2. The van der Waals surface area contributed by atoms with Crippen LogP contribution in [-0.4, -0.2) is 66.1 Å². The van der Waals surface area contributed by atoms with Crippen LogP contribution in [0.15, 0.2) is 36.7 Å². The lowest BCUT2D eigenvalue weighted by Crippen LogP contribution is -2.49. The Morgan fingerprint density at radius 3 is 2.55 bits per heavy atom. The van der Waals surface area contributed by atoms with Crippen LogP contribution in [0.3, 0.4) is 0 Å². The minimum atomic E-state index is -2.74. The molecule has 1 fully saturated rings. The Hall–Kier alpha value is -4.15. The molecule has 1 atom stereocenters. The molecule has 11 heteroatoms. The first-order valence-corrected chi connectivity index (χ1v) is 12.5. The molecule has 0 radical (unpaired) electrons. The van der Waals surface area contributed by atoms with E-state index >= 15 is 0 Å². The SMILES string of the molecule is CC(=O)N1CC(c2nc(-c3cccc4nc(-c5cnn(C)c5)c(C(F)F)cc34)c3n2[C@@H](C)C(=O)N(C)C3)C1. The summed E-state index contributed by atoms with van der Waals surface area (Å²) in [4.78, 5) is 37.8. The number of pyridine rings is 1. The van der Waals surface area contributed by atoms with Gasteiger partial charge in [0.25, 0.3) is 6.43 Å². The summed E-state index contributed by atoms with van der Waals surface area (Å²) in [6.07, 6.45) is 0.455. The third kappa shape index (κ3) is 3.67. The molecule has 3 aromatic heterocycles. The molecule has 2 amide bonds. The summed E-state index contributed by atoms with van der Waals surface area (Å²) < 4.78 is 32.1. The molecule has 2 aliphatic heterocycles. The van der Waals surface area contributed by atoms with Gasteiger partial charge >= 0.3 is 0 Å². The number of likely N-dealkylation sites (tertiary alicyclic amines) is 1. The van der Waals surface area contributed by atoms with E-state index in [0.29, 0.717) is 47.4 Å². The van der Waals surface area contributed by atoms with Crippen molar-refractivity contribution in [1.82, 2.24) is 34.1 Å². The molecule has 0 saturated carbocycles. The van der Waals surface area contributed by atoms with Crippen molar-refractivity contribution >= 4 is 22.7 Å². The number of nitrogens with zero attached hydrogens (tertiary/aromatic N) is 7. The maximum absolute atomic E-state index is 14.3. The van der Waals surface area contributed by atoms with Gasteiger partial charge in [-0.2, -0.15) is 5.10 Å². The highest BCUT2D eigenvalue weighted by atomic mass is 19.3. The second kappa shape index (κ2) is 8.71. The molecule has 5 heterocycles. The van der Waals surface area contributed by atoms with Crippen molar-refractivity contribution in [1.29, 1.82) is 0 Å². The number of alkyl halides is 2. The Kier molecular flexibility index (Phi) is 5.55. The number of benzene rings is 1. The van der Waals surface area contributed by atoms with Gasteiger partial charge in [0, 0.05) is 62.4 Å². The average Bonchev–Trinajstić information content (AvgIpc) is 3.44. The fourth-order valence-corrected chi connectivity index (χ4v) is 5.56. The predicted molar refractivity (Wildman–Crippen MR) is 136 cm³/mol. The van der Waals surface area contributed by atoms with Gasteiger partial charge in [-0.25, -0.2) is 18.7 Å². The van der Waals surface area contributed by atoms with Crippen LogP contribution in [0.25, 0.3) is 33.4 Å². The number of aromatic nitrogens is 5. The molecule has 0 aliphatic carbocycles. The highest BCUT2D eigenvalue weighted by molar-refractivity contribution is 5.96. The van der Waals surface area contributed by atoms with Crippen molar-refractivity contribution in [3.63, 3.8) is 0 Å². The molecular formula is C27H27F2N7O2. The number of fused-ring (bicyclic) bond motifs is 2. The number of imidazole rings is 1. The molecular weight excluding hydrogens is 492 g/mol. The highest BCUT2D eigenvalue weighted by Gasteiger charge is 2.40. The zero-order valence-electron chi connectivity index (χ0n) is 21.5. The maximum atomic E-state index is 14.3. The standard InChI is InChI=1S/C27H27F2N7O2/c1-14-27(38)33(3)13-22-24(32-26(36(14)22)17-11-35(12-17)15(2)37)18-6-5-7-21-19(18)8-20(25(28)29)23(31-21)16-9-30-34(4)10-16/h5-10,14,17,25H,11-13H2,1-4H3/t14-/m0/s1. The molecule has 1 saturated heterocycles. The number of likely N-dealkylation sites (N-methyl/N-ethyl adjacent to an activating group) is 1. The Morgan fingerprint density at radius 1 is 1.13 bits per heavy atom. The van der Waals surface area contributed by atoms with Gasteiger partial charge in [-0.05, 0) is 19.1 Å². The summed E-state index contributed by atoms with van der Waals surface area (Å²) in [5.74, 6) is 0.713. The van der Waals surface area contributed by atoms with E-state index in [4.69, 9.17) is 4.98 Å². The summed E-state index contributed by atoms with van der Waals surface area (Å²) in [5.41, 5.74) is 3.28. The first kappa shape index (κ1) is 24.2. The number of carbonyl (C=O) groups is 2. The molecule has 9 nitrogen and oxygen atoms in total. The number of halogens is 2. The molecule has 1 aromatic carbocycles. The second-order valence-corrected chi connectivity index (χ2v) is 10.1. The highest BCUT2D eigenvalue weighted by Crippen LogP contribution is 2.41. The zero-order chi connectivity index (χ0) is 26.9. The minimum absolute atomic E-state index is 0.000156. The maximum Gasteiger partial charge on any atom is 0.265 e. The van der Waals surface area contributed by atoms with E-state index in [9.17, 15) is 18.4 Å². The number of hydrogen-bond acceptors (Lipinski definition) is 5. The smallest absolute Gasteiger partial charge is 0.265 e. The molecule has 0 spiro atoms. The summed E-state index contributed by atoms with van der Waals surface area (Å²) >= 11 is 0. The van der Waals surface area contributed by atoms with Crippen LogP contribution in [0.1, 0.15) is 49.3 Å².